The minimum atomic E-state index is -3.32. The molecule has 152 valence electrons. The number of ether oxygens (including phenoxy) is 3. The van der Waals surface area contributed by atoms with Crippen LogP contribution in [0.5, 0.6) is 0 Å². The second-order valence-electron chi connectivity index (χ2n) is 4.29. The fourth-order valence-electron chi connectivity index (χ4n) is 1.08. The van der Waals surface area contributed by atoms with Crippen LogP contribution in [0.3, 0.4) is 0 Å². The normalized spacial score (nSPS) is 11.0. The van der Waals surface area contributed by atoms with E-state index in [2.05, 4.69) is 19.5 Å². The number of carbonyl (C=O) groups excluding carboxylic acids is 1. The number of nitrogens with one attached hydrogen (secondary N) is 1. The smallest absolute Gasteiger partial charge is 0.406 e. The Kier molecular flexibility index (Phi) is 39.2. The maximum absolute atomic E-state index is 10.7. The van der Waals surface area contributed by atoms with Crippen LogP contribution in [0.2, 0.25) is 0 Å². The molecule has 0 aliphatic heterocycles. The Labute approximate surface area is 148 Å². The Morgan fingerprint density at radius 2 is 1.38 bits per heavy atom. The summed E-state index contributed by atoms with van der Waals surface area (Å²) in [6.45, 7) is 2.06. The molecule has 0 aliphatic carbocycles. The molecule has 24 heavy (non-hydrogen) atoms. The number of carbonyl (C=O) groups is 1. The molecule has 1 unspecified atom stereocenters. The van der Waals surface area contributed by atoms with Gasteiger partial charge in [0.1, 0.15) is 0 Å². The van der Waals surface area contributed by atoms with Gasteiger partial charge in [0, 0.05) is 41.6 Å². The average Bonchev–Trinajstić information content (AvgIpc) is 2.42. The SMILES string of the molecule is C.C.COC.COC.COC(=O)NCCCCCCOP(C)(=O)O. The van der Waals surface area contributed by atoms with E-state index in [0.29, 0.717) is 13.2 Å². The Hall–Kier alpha value is -0.660. The highest BCUT2D eigenvalue weighted by Gasteiger charge is 2.08. The summed E-state index contributed by atoms with van der Waals surface area (Å²) in [5, 5.41) is 2.57. The topological polar surface area (TPSA) is 103 Å². The van der Waals surface area contributed by atoms with Crippen molar-refractivity contribution in [2.75, 3.05) is 55.4 Å². The van der Waals surface area contributed by atoms with E-state index in [9.17, 15) is 9.36 Å². The average molecular weight is 377 g/mol. The zero-order chi connectivity index (χ0) is 17.9. The molecule has 8 nitrogen and oxygen atoms in total. The molecule has 9 heteroatoms. The lowest BCUT2D eigenvalue weighted by Crippen LogP contribution is -2.23. The van der Waals surface area contributed by atoms with Crippen molar-refractivity contribution < 1.29 is 33.0 Å². The number of alkyl carbamates (subject to hydrolysis) is 1. The summed E-state index contributed by atoms with van der Waals surface area (Å²) in [5.74, 6) is 0. The van der Waals surface area contributed by atoms with Crippen LogP contribution in [0.1, 0.15) is 40.5 Å². The molecule has 0 fully saturated rings. The highest BCUT2D eigenvalue weighted by Crippen LogP contribution is 2.36. The van der Waals surface area contributed by atoms with Crippen LogP contribution >= 0.6 is 7.60 Å². The Morgan fingerprint density at radius 3 is 1.75 bits per heavy atom. The molecule has 0 saturated carbocycles. The first-order valence-electron chi connectivity index (χ1n) is 6.85. The predicted molar refractivity (Wildman–Crippen MR) is 99.9 cm³/mol. The van der Waals surface area contributed by atoms with Gasteiger partial charge in [-0.25, -0.2) is 4.79 Å². The first kappa shape index (κ1) is 34.6. The minimum Gasteiger partial charge on any atom is -0.453 e. The van der Waals surface area contributed by atoms with Gasteiger partial charge >= 0.3 is 13.7 Å². The molecule has 0 heterocycles. The molecule has 0 aromatic heterocycles. The quantitative estimate of drug-likeness (QED) is 0.492. The second-order valence-corrected chi connectivity index (χ2v) is 6.15. The molecule has 0 radical (unpaired) electrons. The van der Waals surface area contributed by atoms with Gasteiger partial charge < -0.3 is 28.9 Å². The molecule has 0 aromatic carbocycles. The van der Waals surface area contributed by atoms with E-state index in [1.165, 1.54) is 13.8 Å². The van der Waals surface area contributed by atoms with Crippen LogP contribution < -0.4 is 5.32 Å². The molecule has 0 rings (SSSR count). The minimum absolute atomic E-state index is 0. The van der Waals surface area contributed by atoms with Crippen molar-refractivity contribution in [2.45, 2.75) is 40.5 Å². The zero-order valence-corrected chi connectivity index (χ0v) is 15.5. The molecule has 2 N–H and O–H groups in total. The van der Waals surface area contributed by atoms with Crippen LogP contribution in [0, 0.1) is 0 Å². The molecular formula is C15H40NO7P. The summed E-state index contributed by atoms with van der Waals surface area (Å²) < 4.78 is 28.3. The summed E-state index contributed by atoms with van der Waals surface area (Å²) in [4.78, 5) is 19.5. The summed E-state index contributed by atoms with van der Waals surface area (Å²) in [6.07, 6.45) is 3.03. The lowest BCUT2D eigenvalue weighted by molar-refractivity contribution is 0.170. The summed E-state index contributed by atoms with van der Waals surface area (Å²) >= 11 is 0. The van der Waals surface area contributed by atoms with Crippen LogP contribution in [-0.2, 0) is 23.3 Å². The standard InChI is InChI=1S/C9H20NO5P.2C2H6O.2CH4/c1-14-9(11)10-7-5-3-4-6-8-15-16(2,12)13;2*1-3-2;;/h3-8H2,1-2H3,(H,10,11)(H,12,13);2*1-2H3;2*1H4. The van der Waals surface area contributed by atoms with Crippen molar-refractivity contribution in [1.82, 2.24) is 5.32 Å². The van der Waals surface area contributed by atoms with E-state index in [1.54, 1.807) is 28.4 Å². The third kappa shape index (κ3) is 49.6. The summed E-state index contributed by atoms with van der Waals surface area (Å²) in [6, 6.07) is 0. The highest BCUT2D eigenvalue weighted by molar-refractivity contribution is 7.51. The number of methoxy groups -OCH3 is 3. The van der Waals surface area contributed by atoms with Gasteiger partial charge in [-0.05, 0) is 12.8 Å². The number of unbranched alkanes of at least 4 members (excludes halogenated alkanes) is 3. The first-order valence-corrected chi connectivity index (χ1v) is 8.88. The van der Waals surface area contributed by atoms with Gasteiger partial charge in [-0.1, -0.05) is 27.7 Å². The predicted octanol–water partition coefficient (Wildman–Crippen LogP) is 3.53. The second kappa shape index (κ2) is 27.2. The van der Waals surface area contributed by atoms with Crippen LogP contribution in [0.25, 0.3) is 0 Å². The Morgan fingerprint density at radius 1 is 0.958 bits per heavy atom. The molecule has 1 atom stereocenters. The maximum Gasteiger partial charge on any atom is 0.406 e. The van der Waals surface area contributed by atoms with Crippen molar-refractivity contribution in [2.24, 2.45) is 0 Å². The molecule has 1 amide bonds. The number of hydrogen-bond donors (Lipinski definition) is 2. The van der Waals surface area contributed by atoms with E-state index in [0.717, 1.165) is 25.7 Å². The van der Waals surface area contributed by atoms with Crippen molar-refractivity contribution in [3.63, 3.8) is 0 Å². The maximum atomic E-state index is 10.7. The number of hydrogen-bond acceptors (Lipinski definition) is 6. The third-order valence-corrected chi connectivity index (χ3v) is 2.52. The first-order chi connectivity index (χ1) is 10.3. The molecule has 0 spiro atoms. The van der Waals surface area contributed by atoms with Gasteiger partial charge in [0.25, 0.3) is 0 Å². The fourth-order valence-corrected chi connectivity index (χ4v) is 1.55. The monoisotopic (exact) mass is 377 g/mol. The van der Waals surface area contributed by atoms with E-state index in [-0.39, 0.29) is 14.9 Å². The molecule has 0 aromatic rings. The fraction of sp³-hybridized carbons (Fsp3) is 0.933. The van der Waals surface area contributed by atoms with Gasteiger partial charge in [-0.3, -0.25) is 4.57 Å². The molecule has 0 bridgehead atoms. The number of rotatable bonds is 8. The van der Waals surface area contributed by atoms with Crippen LogP contribution in [0.4, 0.5) is 4.79 Å². The number of amides is 1. The van der Waals surface area contributed by atoms with E-state index >= 15 is 0 Å². The molecular weight excluding hydrogens is 337 g/mol. The highest BCUT2D eigenvalue weighted by atomic mass is 31.2. The Bertz CT molecular complexity index is 271. The van der Waals surface area contributed by atoms with E-state index in [4.69, 9.17) is 9.42 Å². The lowest BCUT2D eigenvalue weighted by atomic mass is 10.2. The van der Waals surface area contributed by atoms with Gasteiger partial charge in [0.15, 0.2) is 0 Å². The largest absolute Gasteiger partial charge is 0.453 e. The zero-order valence-electron chi connectivity index (χ0n) is 14.6. The van der Waals surface area contributed by atoms with Gasteiger partial charge in [0.2, 0.25) is 0 Å². The molecule has 0 saturated heterocycles. The summed E-state index contributed by atoms with van der Waals surface area (Å²) in [7, 11) is 4.51. The van der Waals surface area contributed by atoms with E-state index in [1.807, 2.05) is 0 Å². The van der Waals surface area contributed by atoms with Gasteiger partial charge in [-0.2, -0.15) is 0 Å². The van der Waals surface area contributed by atoms with E-state index < -0.39 is 13.7 Å². The van der Waals surface area contributed by atoms with Crippen molar-refractivity contribution in [3.8, 4) is 0 Å². The summed E-state index contributed by atoms with van der Waals surface area (Å²) in [5.41, 5.74) is 0. The third-order valence-electron chi connectivity index (χ3n) is 1.86. The molecule has 0 aliphatic rings. The Balaban J connectivity index is -0.000000131. The van der Waals surface area contributed by atoms with Crippen molar-refractivity contribution in [3.05, 3.63) is 0 Å². The van der Waals surface area contributed by atoms with Crippen LogP contribution in [-0.4, -0.2) is 66.4 Å². The van der Waals surface area contributed by atoms with Crippen molar-refractivity contribution in [1.29, 1.82) is 0 Å². The van der Waals surface area contributed by atoms with Crippen molar-refractivity contribution >= 4 is 13.7 Å². The van der Waals surface area contributed by atoms with Gasteiger partial charge in [0.05, 0.1) is 13.7 Å². The lowest BCUT2D eigenvalue weighted by Gasteiger charge is -2.06. The van der Waals surface area contributed by atoms with Gasteiger partial charge in [-0.15, -0.1) is 0 Å². The van der Waals surface area contributed by atoms with Crippen LogP contribution in [0.15, 0.2) is 0 Å².